The second-order valence-electron chi connectivity index (χ2n) is 6.09. The lowest BCUT2D eigenvalue weighted by molar-refractivity contribution is -0.217. The maximum Gasteiger partial charge on any atom is 0.330 e. The number of methoxy groups -OCH3 is 1. The van der Waals surface area contributed by atoms with Crippen molar-refractivity contribution in [2.45, 2.75) is 23.1 Å². The molecule has 0 aromatic heterocycles. The first-order valence-corrected chi connectivity index (χ1v) is 9.73. The number of hydrogen-bond donors (Lipinski definition) is 1. The van der Waals surface area contributed by atoms with Crippen molar-refractivity contribution in [2.75, 3.05) is 25.9 Å². The number of β-lactam (4-membered cyclic amide) rings is 1. The molecule has 0 bridgehead atoms. The number of nitrogens with zero attached hydrogens (tertiary/aromatic N) is 1. The molecule has 1 N–H and O–H groups in total. The number of alkyl halides is 1. The first-order valence-electron chi connectivity index (χ1n) is 7.97. The van der Waals surface area contributed by atoms with E-state index in [1.807, 2.05) is 0 Å². The number of halogens is 1. The zero-order chi connectivity index (χ0) is 18.9. The zero-order valence-electron chi connectivity index (χ0n) is 14.3. The van der Waals surface area contributed by atoms with Crippen LogP contribution in [0.25, 0.3) is 0 Å². The van der Waals surface area contributed by atoms with Crippen LogP contribution in [0, 0.1) is 0 Å². The molecule has 26 heavy (non-hydrogen) atoms. The van der Waals surface area contributed by atoms with Gasteiger partial charge < -0.3 is 14.8 Å². The summed E-state index contributed by atoms with van der Waals surface area (Å²) < 4.78 is 9.89. The van der Waals surface area contributed by atoms with Crippen LogP contribution >= 0.6 is 23.4 Å². The van der Waals surface area contributed by atoms with Crippen LogP contribution in [0.5, 0.6) is 0 Å². The molecule has 0 unspecified atom stereocenters. The van der Waals surface area contributed by atoms with Gasteiger partial charge in [0.15, 0.2) is 12.3 Å². The number of ether oxygens (including phenoxy) is 2. The molecule has 140 valence electrons. The summed E-state index contributed by atoms with van der Waals surface area (Å²) in [4.78, 5) is 38.7. The average molecular weight is 399 g/mol. The van der Waals surface area contributed by atoms with Gasteiger partial charge in [-0.15, -0.1) is 11.6 Å². The predicted octanol–water partition coefficient (Wildman–Crippen LogP) is 0.866. The molecule has 2 aliphatic heterocycles. The molecular formula is C17H19ClN2O5S. The van der Waals surface area contributed by atoms with Crippen LogP contribution in [0.3, 0.4) is 0 Å². The zero-order valence-corrected chi connectivity index (χ0v) is 15.9. The van der Waals surface area contributed by atoms with E-state index in [0.29, 0.717) is 5.56 Å². The van der Waals surface area contributed by atoms with Crippen molar-refractivity contribution in [3.05, 3.63) is 35.9 Å². The molecule has 2 amide bonds. The molecule has 0 radical (unpaired) electrons. The largest absolute Gasteiger partial charge is 0.467 e. The maximum atomic E-state index is 12.7. The summed E-state index contributed by atoms with van der Waals surface area (Å²) in [7, 11) is 1.27. The highest BCUT2D eigenvalue weighted by molar-refractivity contribution is 8.00. The molecule has 0 spiro atoms. The second kappa shape index (κ2) is 7.46. The number of esters is 1. The molecule has 9 heteroatoms. The molecular weight excluding hydrogens is 380 g/mol. The van der Waals surface area contributed by atoms with Crippen LogP contribution in [-0.4, -0.2) is 71.6 Å². The third-order valence-electron chi connectivity index (χ3n) is 4.73. The number of rotatable bonds is 5. The Kier molecular flexibility index (Phi) is 5.45. The molecule has 1 aromatic rings. The lowest BCUT2D eigenvalue weighted by atomic mass is 9.90. The van der Waals surface area contributed by atoms with Crippen LogP contribution in [0.15, 0.2) is 30.3 Å². The molecule has 2 aliphatic rings. The van der Waals surface area contributed by atoms with Crippen LogP contribution in [-0.2, 0) is 19.1 Å². The standard InChI is InChI=1S/C17H19ClN2O5S/c1-24-16(23)12-17(8-18,26-2)9-25-15-11(14(22)20(12)15)19-13(21)10-6-4-3-5-7-10/h3-7,11-12,15H,8-9H2,1-2H3,(H,19,21)/t11-,12-,15+,17+/m0/s1. The number of benzene rings is 1. The summed E-state index contributed by atoms with van der Waals surface area (Å²) in [6.07, 6.45) is 1.09. The minimum Gasteiger partial charge on any atom is -0.467 e. The Bertz CT molecular complexity index is 712. The third kappa shape index (κ3) is 2.95. The number of carbonyl (C=O) groups excluding carboxylic acids is 3. The Morgan fingerprint density at radius 2 is 2.12 bits per heavy atom. The lowest BCUT2D eigenvalue weighted by Gasteiger charge is -2.57. The number of nitrogens with one attached hydrogen (secondary N) is 1. The van der Waals surface area contributed by atoms with Gasteiger partial charge in [0.1, 0.15) is 6.04 Å². The van der Waals surface area contributed by atoms with Gasteiger partial charge in [0, 0.05) is 11.4 Å². The Labute approximate surface area is 160 Å². The van der Waals surface area contributed by atoms with Gasteiger partial charge in [-0.2, -0.15) is 11.8 Å². The SMILES string of the molecule is COC(=O)[C@@H]1N2C(=O)[C@H](NC(=O)c3ccccc3)[C@H]2OC[C@@]1(CCl)SC. The minimum absolute atomic E-state index is 0.117. The van der Waals surface area contributed by atoms with Gasteiger partial charge in [-0.05, 0) is 18.4 Å². The normalized spacial score (nSPS) is 30.2. The quantitative estimate of drug-likeness (QED) is 0.450. The Hall–Kier alpha value is -1.77. The molecule has 2 saturated heterocycles. The smallest absolute Gasteiger partial charge is 0.330 e. The van der Waals surface area contributed by atoms with Crippen molar-refractivity contribution in [3.63, 3.8) is 0 Å². The van der Waals surface area contributed by atoms with Gasteiger partial charge in [-0.25, -0.2) is 4.79 Å². The van der Waals surface area contributed by atoms with E-state index in [4.69, 9.17) is 21.1 Å². The highest BCUT2D eigenvalue weighted by atomic mass is 35.5. The number of carbonyl (C=O) groups is 3. The van der Waals surface area contributed by atoms with Crippen LogP contribution in [0.1, 0.15) is 10.4 Å². The van der Waals surface area contributed by atoms with Crippen LogP contribution < -0.4 is 5.32 Å². The van der Waals surface area contributed by atoms with Crippen molar-refractivity contribution in [3.8, 4) is 0 Å². The number of hydrogen-bond acceptors (Lipinski definition) is 6. The highest BCUT2D eigenvalue weighted by Gasteiger charge is 2.63. The summed E-state index contributed by atoms with van der Waals surface area (Å²) in [6.45, 7) is 0.170. The number of thioether (sulfide) groups is 1. The molecule has 0 saturated carbocycles. The third-order valence-corrected chi connectivity index (χ3v) is 6.67. The summed E-state index contributed by atoms with van der Waals surface area (Å²) in [6, 6.07) is 6.87. The van der Waals surface area contributed by atoms with E-state index in [-0.39, 0.29) is 18.4 Å². The van der Waals surface area contributed by atoms with Crippen molar-refractivity contribution in [2.24, 2.45) is 0 Å². The fraction of sp³-hybridized carbons (Fsp3) is 0.471. The lowest BCUT2D eigenvalue weighted by Crippen LogP contribution is -2.81. The van der Waals surface area contributed by atoms with Gasteiger partial charge in [-0.1, -0.05) is 18.2 Å². The van der Waals surface area contributed by atoms with Crippen molar-refractivity contribution in [1.29, 1.82) is 0 Å². The average Bonchev–Trinajstić information content (AvgIpc) is 2.70. The van der Waals surface area contributed by atoms with E-state index in [9.17, 15) is 14.4 Å². The van der Waals surface area contributed by atoms with E-state index in [1.54, 1.807) is 36.6 Å². The van der Waals surface area contributed by atoms with Crippen molar-refractivity contribution in [1.82, 2.24) is 10.2 Å². The molecule has 0 aliphatic carbocycles. The maximum absolute atomic E-state index is 12.7. The van der Waals surface area contributed by atoms with Gasteiger partial charge in [0.05, 0.1) is 18.5 Å². The van der Waals surface area contributed by atoms with E-state index in [0.717, 1.165) is 0 Å². The molecule has 2 fully saturated rings. The van der Waals surface area contributed by atoms with Gasteiger partial charge >= 0.3 is 5.97 Å². The molecule has 4 atom stereocenters. The Morgan fingerprint density at radius 3 is 2.69 bits per heavy atom. The Balaban J connectivity index is 1.80. The highest BCUT2D eigenvalue weighted by Crippen LogP contribution is 2.42. The second-order valence-corrected chi connectivity index (χ2v) is 7.58. The fourth-order valence-corrected chi connectivity index (χ4v) is 4.50. The van der Waals surface area contributed by atoms with Crippen molar-refractivity contribution < 1.29 is 23.9 Å². The molecule has 2 heterocycles. The van der Waals surface area contributed by atoms with Gasteiger partial charge in [0.25, 0.3) is 11.8 Å². The van der Waals surface area contributed by atoms with Crippen LogP contribution in [0.4, 0.5) is 0 Å². The van der Waals surface area contributed by atoms with Crippen LogP contribution in [0.2, 0.25) is 0 Å². The van der Waals surface area contributed by atoms with E-state index >= 15 is 0 Å². The monoisotopic (exact) mass is 398 g/mol. The molecule has 7 nitrogen and oxygen atoms in total. The van der Waals surface area contributed by atoms with E-state index in [1.165, 1.54) is 23.8 Å². The van der Waals surface area contributed by atoms with Gasteiger partial charge in [0.2, 0.25) is 0 Å². The summed E-state index contributed by atoms with van der Waals surface area (Å²) >= 11 is 7.46. The van der Waals surface area contributed by atoms with Gasteiger partial charge in [-0.3, -0.25) is 14.5 Å². The summed E-state index contributed by atoms with van der Waals surface area (Å²) in [5, 5.41) is 2.68. The summed E-state index contributed by atoms with van der Waals surface area (Å²) in [5.41, 5.74) is 0.443. The van der Waals surface area contributed by atoms with E-state index < -0.39 is 34.9 Å². The molecule has 1 aromatic carbocycles. The first kappa shape index (κ1) is 19.0. The number of fused-ring (bicyclic) bond motifs is 1. The van der Waals surface area contributed by atoms with Crippen molar-refractivity contribution >= 4 is 41.1 Å². The fourth-order valence-electron chi connectivity index (χ4n) is 3.22. The molecule has 3 rings (SSSR count). The number of amides is 2. The predicted molar refractivity (Wildman–Crippen MR) is 97.1 cm³/mol. The van der Waals surface area contributed by atoms with E-state index in [2.05, 4.69) is 5.32 Å². The summed E-state index contributed by atoms with van der Waals surface area (Å²) in [5.74, 6) is -1.20. The minimum atomic E-state index is -0.865. The Morgan fingerprint density at radius 1 is 1.42 bits per heavy atom. The first-order chi connectivity index (χ1) is 12.5. The topological polar surface area (TPSA) is 84.9 Å².